The van der Waals surface area contributed by atoms with Crippen LogP contribution in [0.4, 0.5) is 0 Å². The van der Waals surface area contributed by atoms with E-state index in [1.807, 2.05) is 39.8 Å². The molecule has 0 bridgehead atoms. The van der Waals surface area contributed by atoms with Crippen LogP contribution in [-0.2, 0) is 0 Å². The number of hydrogen-bond donors (Lipinski definition) is 1. The van der Waals surface area contributed by atoms with Crippen molar-refractivity contribution in [2.45, 2.75) is 40.2 Å². The molecule has 1 aromatic rings. The molecule has 1 N–H and O–H groups in total. The lowest BCUT2D eigenvalue weighted by Crippen LogP contribution is -1.95. The summed E-state index contributed by atoms with van der Waals surface area (Å²) >= 11 is 0. The van der Waals surface area contributed by atoms with Crippen molar-refractivity contribution in [2.75, 3.05) is 0 Å². The second kappa shape index (κ2) is 4.47. The summed E-state index contributed by atoms with van der Waals surface area (Å²) in [4.78, 5) is 0. The van der Waals surface area contributed by atoms with Crippen molar-refractivity contribution in [1.82, 2.24) is 0 Å². The van der Waals surface area contributed by atoms with Crippen LogP contribution in [0.5, 0.6) is 0 Å². The number of furan rings is 1. The lowest BCUT2D eigenvalue weighted by molar-refractivity contribution is 0.150. The largest absolute Gasteiger partial charge is 0.463 e. The quantitative estimate of drug-likeness (QED) is 0.749. The van der Waals surface area contributed by atoms with Crippen LogP contribution in [0.3, 0.4) is 0 Å². The predicted octanol–water partition coefficient (Wildman–Crippen LogP) is 3.20. The number of aryl methyl sites for hydroxylation is 1. The summed E-state index contributed by atoms with van der Waals surface area (Å²) in [6.07, 6.45) is 3.97. The zero-order valence-corrected chi connectivity index (χ0v) is 9.29. The first-order valence-electron chi connectivity index (χ1n) is 4.93. The Morgan fingerprint density at radius 1 is 1.29 bits per heavy atom. The van der Waals surface area contributed by atoms with E-state index >= 15 is 0 Å². The first-order chi connectivity index (χ1) is 6.57. The molecule has 78 valence electrons. The molecule has 0 amide bonds. The lowest BCUT2D eigenvalue weighted by Gasteiger charge is -2.05. The zero-order valence-electron chi connectivity index (χ0n) is 9.29. The van der Waals surface area contributed by atoms with Crippen molar-refractivity contribution in [3.8, 4) is 0 Å². The van der Waals surface area contributed by atoms with Gasteiger partial charge in [0.1, 0.15) is 17.6 Å². The molecule has 2 heteroatoms. The third-order valence-electron chi connectivity index (χ3n) is 2.62. The molecule has 0 aliphatic carbocycles. The summed E-state index contributed by atoms with van der Waals surface area (Å²) in [5.41, 5.74) is 2.21. The van der Waals surface area contributed by atoms with Crippen molar-refractivity contribution in [3.63, 3.8) is 0 Å². The molecule has 1 rings (SSSR count). The second-order valence-corrected chi connectivity index (χ2v) is 3.59. The van der Waals surface area contributed by atoms with Crippen LogP contribution in [0.25, 0.3) is 0 Å². The lowest BCUT2D eigenvalue weighted by atomic mass is 10.1. The van der Waals surface area contributed by atoms with E-state index < -0.39 is 6.10 Å². The highest BCUT2D eigenvalue weighted by molar-refractivity contribution is 5.31. The highest BCUT2D eigenvalue weighted by atomic mass is 16.4. The van der Waals surface area contributed by atoms with E-state index in [1.165, 1.54) is 0 Å². The van der Waals surface area contributed by atoms with E-state index in [0.29, 0.717) is 12.2 Å². The molecule has 1 aromatic heterocycles. The molecule has 14 heavy (non-hydrogen) atoms. The van der Waals surface area contributed by atoms with E-state index in [4.69, 9.17) is 4.42 Å². The Morgan fingerprint density at radius 3 is 2.36 bits per heavy atom. The topological polar surface area (TPSA) is 33.4 Å². The first-order valence-corrected chi connectivity index (χ1v) is 4.93. The molecule has 1 heterocycles. The Hall–Kier alpha value is -1.02. The standard InChI is InChI=1S/C12H18O2/c1-5-6-7-11(13)12-9(3)8(2)10(4)14-12/h5-6,11,13H,7H2,1-4H3/b6-5+. The van der Waals surface area contributed by atoms with Gasteiger partial charge in [-0.15, -0.1) is 0 Å². The fraction of sp³-hybridized carbons (Fsp3) is 0.500. The third kappa shape index (κ3) is 2.07. The van der Waals surface area contributed by atoms with E-state index in [1.54, 1.807) is 0 Å². The van der Waals surface area contributed by atoms with Gasteiger partial charge in [0.25, 0.3) is 0 Å². The molecule has 0 saturated heterocycles. The first kappa shape index (κ1) is 11.1. The van der Waals surface area contributed by atoms with Crippen LogP contribution < -0.4 is 0 Å². The SMILES string of the molecule is C/C=C/CC(O)c1oc(C)c(C)c1C. The Morgan fingerprint density at radius 2 is 1.93 bits per heavy atom. The molecule has 1 unspecified atom stereocenters. The maximum atomic E-state index is 9.83. The monoisotopic (exact) mass is 194 g/mol. The maximum absolute atomic E-state index is 9.83. The molecule has 0 aromatic carbocycles. The minimum atomic E-state index is -0.515. The summed E-state index contributed by atoms with van der Waals surface area (Å²) < 4.78 is 5.52. The van der Waals surface area contributed by atoms with Gasteiger partial charge in [-0.25, -0.2) is 0 Å². The molecular formula is C12H18O2. The van der Waals surface area contributed by atoms with E-state index in [2.05, 4.69) is 0 Å². The number of aliphatic hydroxyl groups is 1. The second-order valence-electron chi connectivity index (χ2n) is 3.59. The van der Waals surface area contributed by atoms with Crippen molar-refractivity contribution >= 4 is 0 Å². The van der Waals surface area contributed by atoms with Crippen LogP contribution in [0.1, 0.15) is 42.1 Å². The minimum absolute atomic E-state index is 0.515. The summed E-state index contributed by atoms with van der Waals surface area (Å²) in [6, 6.07) is 0. The number of aliphatic hydroxyl groups excluding tert-OH is 1. The van der Waals surface area contributed by atoms with E-state index in [0.717, 1.165) is 16.9 Å². The van der Waals surface area contributed by atoms with Crippen LogP contribution >= 0.6 is 0 Å². The van der Waals surface area contributed by atoms with Crippen molar-refractivity contribution in [2.24, 2.45) is 0 Å². The van der Waals surface area contributed by atoms with Gasteiger partial charge in [-0.05, 0) is 45.2 Å². The van der Waals surface area contributed by atoms with Gasteiger partial charge in [-0.1, -0.05) is 12.2 Å². The summed E-state index contributed by atoms with van der Waals surface area (Å²) in [6.45, 7) is 7.87. The van der Waals surface area contributed by atoms with Crippen molar-refractivity contribution < 1.29 is 9.52 Å². The smallest absolute Gasteiger partial charge is 0.136 e. The van der Waals surface area contributed by atoms with Crippen LogP contribution in [0, 0.1) is 20.8 Å². The molecule has 0 spiro atoms. The van der Waals surface area contributed by atoms with Crippen LogP contribution in [-0.4, -0.2) is 5.11 Å². The van der Waals surface area contributed by atoms with Crippen molar-refractivity contribution in [1.29, 1.82) is 0 Å². The Bertz CT molecular complexity index is 334. The maximum Gasteiger partial charge on any atom is 0.136 e. The van der Waals surface area contributed by atoms with Gasteiger partial charge in [0.05, 0.1) is 0 Å². The molecule has 0 radical (unpaired) electrons. The third-order valence-corrected chi connectivity index (χ3v) is 2.62. The van der Waals surface area contributed by atoms with Crippen LogP contribution in [0.2, 0.25) is 0 Å². The Labute approximate surface area is 85.2 Å². The fourth-order valence-corrected chi connectivity index (χ4v) is 1.46. The molecule has 0 saturated carbocycles. The number of hydrogen-bond acceptors (Lipinski definition) is 2. The minimum Gasteiger partial charge on any atom is -0.463 e. The van der Waals surface area contributed by atoms with Gasteiger partial charge >= 0.3 is 0 Å². The molecule has 0 aliphatic rings. The molecule has 0 fully saturated rings. The average molecular weight is 194 g/mol. The average Bonchev–Trinajstić information content (AvgIpc) is 2.42. The number of allylic oxidation sites excluding steroid dienone is 1. The summed E-state index contributed by atoms with van der Waals surface area (Å²) in [5, 5.41) is 9.83. The Kier molecular flexibility index (Phi) is 3.53. The van der Waals surface area contributed by atoms with Gasteiger partial charge in [-0.3, -0.25) is 0 Å². The summed E-state index contributed by atoms with van der Waals surface area (Å²) in [7, 11) is 0. The molecule has 1 atom stereocenters. The van der Waals surface area contributed by atoms with Crippen LogP contribution in [0.15, 0.2) is 16.6 Å². The van der Waals surface area contributed by atoms with E-state index in [-0.39, 0.29) is 0 Å². The predicted molar refractivity (Wildman–Crippen MR) is 57.3 cm³/mol. The highest BCUT2D eigenvalue weighted by Gasteiger charge is 2.16. The highest BCUT2D eigenvalue weighted by Crippen LogP contribution is 2.27. The van der Waals surface area contributed by atoms with Gasteiger partial charge in [-0.2, -0.15) is 0 Å². The van der Waals surface area contributed by atoms with Gasteiger partial charge < -0.3 is 9.52 Å². The zero-order chi connectivity index (χ0) is 10.7. The van der Waals surface area contributed by atoms with Crippen molar-refractivity contribution in [3.05, 3.63) is 34.8 Å². The van der Waals surface area contributed by atoms with Gasteiger partial charge in [0.2, 0.25) is 0 Å². The molecule has 2 nitrogen and oxygen atoms in total. The number of rotatable bonds is 3. The molecular weight excluding hydrogens is 176 g/mol. The van der Waals surface area contributed by atoms with Gasteiger partial charge in [0.15, 0.2) is 0 Å². The van der Waals surface area contributed by atoms with Gasteiger partial charge in [0, 0.05) is 0 Å². The summed E-state index contributed by atoms with van der Waals surface area (Å²) in [5.74, 6) is 1.61. The fourth-order valence-electron chi connectivity index (χ4n) is 1.46. The van der Waals surface area contributed by atoms with E-state index in [9.17, 15) is 5.11 Å². The normalized spacial score (nSPS) is 13.8. The molecule has 0 aliphatic heterocycles. The Balaban J connectivity index is 2.89.